The van der Waals surface area contributed by atoms with Gasteiger partial charge in [-0.2, -0.15) is 4.98 Å². The highest BCUT2D eigenvalue weighted by Crippen LogP contribution is 2.24. The van der Waals surface area contributed by atoms with E-state index in [1.54, 1.807) is 24.3 Å². The minimum Gasteiger partial charge on any atom is -0.493 e. The molecule has 0 unspecified atom stereocenters. The predicted octanol–water partition coefficient (Wildman–Crippen LogP) is 1.86. The SMILES string of the molecule is CN(C)Cc1nc(O)c(-c2ccc(Cl)cc2)c(=O)[nH]1. The number of nitrogens with one attached hydrogen (secondary N) is 1. The van der Waals surface area contributed by atoms with Gasteiger partial charge >= 0.3 is 0 Å². The molecule has 19 heavy (non-hydrogen) atoms. The average Bonchev–Trinajstić information content (AvgIpc) is 2.29. The van der Waals surface area contributed by atoms with Crippen molar-refractivity contribution in [1.82, 2.24) is 14.9 Å². The maximum atomic E-state index is 12.0. The number of aromatic amines is 1. The van der Waals surface area contributed by atoms with Gasteiger partial charge in [0, 0.05) is 5.02 Å². The van der Waals surface area contributed by atoms with Crippen molar-refractivity contribution >= 4 is 11.6 Å². The highest BCUT2D eigenvalue weighted by molar-refractivity contribution is 6.30. The van der Waals surface area contributed by atoms with Crippen LogP contribution in [0.4, 0.5) is 0 Å². The zero-order valence-electron chi connectivity index (χ0n) is 10.6. The highest BCUT2D eigenvalue weighted by Gasteiger charge is 2.13. The van der Waals surface area contributed by atoms with Gasteiger partial charge in [0.2, 0.25) is 5.88 Å². The Hall–Kier alpha value is -1.85. The molecule has 0 aliphatic heterocycles. The number of benzene rings is 1. The molecule has 0 saturated heterocycles. The molecule has 0 aliphatic carbocycles. The Bertz CT molecular complexity index is 635. The molecule has 100 valence electrons. The number of hydrogen-bond donors (Lipinski definition) is 2. The van der Waals surface area contributed by atoms with Crippen molar-refractivity contribution in [3.8, 4) is 17.0 Å². The van der Waals surface area contributed by atoms with Crippen LogP contribution in [0.5, 0.6) is 5.88 Å². The van der Waals surface area contributed by atoms with E-state index in [0.29, 0.717) is 23.0 Å². The van der Waals surface area contributed by atoms with E-state index >= 15 is 0 Å². The van der Waals surface area contributed by atoms with Gasteiger partial charge in [-0.15, -0.1) is 0 Å². The Morgan fingerprint density at radius 1 is 1.32 bits per heavy atom. The number of aromatic nitrogens is 2. The molecule has 2 N–H and O–H groups in total. The van der Waals surface area contributed by atoms with Gasteiger partial charge in [0.1, 0.15) is 11.4 Å². The van der Waals surface area contributed by atoms with E-state index in [9.17, 15) is 9.90 Å². The second-order valence-corrected chi connectivity index (χ2v) is 4.89. The Kier molecular flexibility index (Phi) is 3.87. The molecular weight excluding hydrogens is 266 g/mol. The quantitative estimate of drug-likeness (QED) is 0.900. The Morgan fingerprint density at radius 2 is 1.95 bits per heavy atom. The van der Waals surface area contributed by atoms with E-state index in [2.05, 4.69) is 9.97 Å². The largest absolute Gasteiger partial charge is 0.493 e. The molecule has 5 nitrogen and oxygen atoms in total. The van der Waals surface area contributed by atoms with Gasteiger partial charge in [-0.25, -0.2) is 0 Å². The third-order valence-corrected chi connectivity index (χ3v) is 2.80. The molecule has 6 heteroatoms. The Balaban J connectivity index is 2.48. The first-order chi connectivity index (χ1) is 8.97. The summed E-state index contributed by atoms with van der Waals surface area (Å²) < 4.78 is 0. The lowest BCUT2D eigenvalue weighted by Gasteiger charge is -2.10. The molecule has 0 fully saturated rings. The lowest BCUT2D eigenvalue weighted by molar-refractivity contribution is 0.381. The number of aromatic hydroxyl groups is 1. The van der Waals surface area contributed by atoms with Crippen LogP contribution in [0.25, 0.3) is 11.1 Å². The molecule has 0 spiro atoms. The fraction of sp³-hybridized carbons (Fsp3) is 0.231. The van der Waals surface area contributed by atoms with Crippen molar-refractivity contribution in [3.63, 3.8) is 0 Å². The van der Waals surface area contributed by atoms with Gasteiger partial charge in [-0.3, -0.25) is 4.79 Å². The van der Waals surface area contributed by atoms with Crippen LogP contribution < -0.4 is 5.56 Å². The van der Waals surface area contributed by atoms with E-state index in [1.165, 1.54) is 0 Å². The minimum atomic E-state index is -0.369. The molecule has 0 bridgehead atoms. The van der Waals surface area contributed by atoms with Crippen molar-refractivity contribution in [1.29, 1.82) is 0 Å². The maximum Gasteiger partial charge on any atom is 0.262 e. The van der Waals surface area contributed by atoms with E-state index in [-0.39, 0.29) is 17.0 Å². The summed E-state index contributed by atoms with van der Waals surface area (Å²) in [5, 5.41) is 10.5. The third kappa shape index (κ3) is 3.13. The van der Waals surface area contributed by atoms with Crippen LogP contribution >= 0.6 is 11.6 Å². The fourth-order valence-electron chi connectivity index (χ4n) is 1.76. The number of halogens is 1. The molecule has 0 amide bonds. The van der Waals surface area contributed by atoms with Crippen LogP contribution in [0.2, 0.25) is 5.02 Å². The molecule has 0 aliphatic rings. The lowest BCUT2D eigenvalue weighted by Crippen LogP contribution is -2.19. The summed E-state index contributed by atoms with van der Waals surface area (Å²) in [6.45, 7) is 0.448. The summed E-state index contributed by atoms with van der Waals surface area (Å²) in [6, 6.07) is 6.65. The van der Waals surface area contributed by atoms with Crippen LogP contribution in [0, 0.1) is 0 Å². The van der Waals surface area contributed by atoms with Gasteiger partial charge in [0.15, 0.2) is 0 Å². The zero-order chi connectivity index (χ0) is 14.0. The smallest absolute Gasteiger partial charge is 0.262 e. The lowest BCUT2D eigenvalue weighted by atomic mass is 10.1. The van der Waals surface area contributed by atoms with Crippen molar-refractivity contribution in [2.24, 2.45) is 0 Å². The summed E-state index contributed by atoms with van der Waals surface area (Å²) in [6.07, 6.45) is 0. The van der Waals surface area contributed by atoms with Crippen LogP contribution in [0.3, 0.4) is 0 Å². The molecule has 1 aromatic heterocycles. The van der Waals surface area contributed by atoms with Crippen molar-refractivity contribution in [2.75, 3.05) is 14.1 Å². The van der Waals surface area contributed by atoms with Gasteiger partial charge < -0.3 is 15.0 Å². The summed E-state index contributed by atoms with van der Waals surface area (Å²) >= 11 is 5.79. The molecule has 2 aromatic rings. The second-order valence-electron chi connectivity index (χ2n) is 4.46. The van der Waals surface area contributed by atoms with Gasteiger partial charge in [0.05, 0.1) is 6.54 Å². The molecule has 2 rings (SSSR count). The van der Waals surface area contributed by atoms with Crippen LogP contribution in [-0.4, -0.2) is 34.1 Å². The third-order valence-electron chi connectivity index (χ3n) is 2.55. The number of hydrogen-bond acceptors (Lipinski definition) is 4. The normalized spacial score (nSPS) is 10.9. The molecule has 0 saturated carbocycles. The minimum absolute atomic E-state index is 0.152. The van der Waals surface area contributed by atoms with Gasteiger partial charge in [-0.1, -0.05) is 23.7 Å². The van der Waals surface area contributed by atoms with Gasteiger partial charge in [0.25, 0.3) is 5.56 Å². The second kappa shape index (κ2) is 5.42. The van der Waals surface area contributed by atoms with E-state index < -0.39 is 0 Å². The summed E-state index contributed by atoms with van der Waals surface area (Å²) in [5.74, 6) is 0.146. The number of rotatable bonds is 3. The molecular formula is C13H14ClN3O2. The Morgan fingerprint density at radius 3 is 2.47 bits per heavy atom. The monoisotopic (exact) mass is 279 g/mol. The first-order valence-electron chi connectivity index (χ1n) is 5.70. The highest BCUT2D eigenvalue weighted by atomic mass is 35.5. The topological polar surface area (TPSA) is 69.2 Å². The van der Waals surface area contributed by atoms with Crippen LogP contribution in [-0.2, 0) is 6.54 Å². The maximum absolute atomic E-state index is 12.0. The summed E-state index contributed by atoms with van der Waals surface area (Å²) in [5.41, 5.74) is 0.359. The fourth-order valence-corrected chi connectivity index (χ4v) is 1.88. The molecule has 0 atom stereocenters. The standard InChI is InChI=1S/C13H14ClN3O2/c1-17(2)7-10-15-12(18)11(13(19)16-10)8-3-5-9(14)6-4-8/h3-6H,7H2,1-2H3,(H2,15,16,18,19). The van der Waals surface area contributed by atoms with E-state index in [0.717, 1.165) is 0 Å². The predicted molar refractivity (Wildman–Crippen MR) is 74.4 cm³/mol. The first kappa shape index (κ1) is 13.6. The van der Waals surface area contributed by atoms with Gasteiger partial charge in [-0.05, 0) is 31.8 Å². The average molecular weight is 280 g/mol. The van der Waals surface area contributed by atoms with Crippen molar-refractivity contribution in [2.45, 2.75) is 6.54 Å². The van der Waals surface area contributed by atoms with Crippen molar-refractivity contribution in [3.05, 3.63) is 45.5 Å². The van der Waals surface area contributed by atoms with Crippen LogP contribution in [0.1, 0.15) is 5.82 Å². The summed E-state index contributed by atoms with van der Waals surface area (Å²) in [7, 11) is 3.70. The van der Waals surface area contributed by atoms with E-state index in [1.807, 2.05) is 19.0 Å². The Labute approximate surface area is 115 Å². The molecule has 1 aromatic carbocycles. The summed E-state index contributed by atoms with van der Waals surface area (Å²) in [4.78, 5) is 20.5. The van der Waals surface area contributed by atoms with E-state index in [4.69, 9.17) is 11.6 Å². The van der Waals surface area contributed by atoms with Crippen molar-refractivity contribution < 1.29 is 5.11 Å². The number of nitrogens with zero attached hydrogens (tertiary/aromatic N) is 2. The molecule has 1 heterocycles. The first-order valence-corrected chi connectivity index (χ1v) is 6.08. The number of H-pyrrole nitrogens is 1. The molecule has 0 radical (unpaired) electrons. The zero-order valence-corrected chi connectivity index (χ0v) is 11.4. The van der Waals surface area contributed by atoms with Crippen LogP contribution in [0.15, 0.2) is 29.1 Å².